The van der Waals surface area contributed by atoms with Gasteiger partial charge in [-0.25, -0.2) is 0 Å². The predicted octanol–water partition coefficient (Wildman–Crippen LogP) is 7.71. The molecular weight excluding hydrogens is 574 g/mol. The Morgan fingerprint density at radius 2 is 1.72 bits per heavy atom. The van der Waals surface area contributed by atoms with Gasteiger partial charge in [-0.05, 0) is 89.5 Å². The summed E-state index contributed by atoms with van der Waals surface area (Å²) in [6.45, 7) is 8.92. The van der Waals surface area contributed by atoms with E-state index in [1.54, 1.807) is 12.1 Å². The molecule has 2 aliphatic carbocycles. The Hall–Kier alpha value is -3.22. The molecule has 4 atom stereocenters. The normalized spacial score (nSPS) is 23.4. The van der Waals surface area contributed by atoms with Crippen LogP contribution in [0.3, 0.4) is 0 Å². The Morgan fingerprint density at radius 1 is 1.00 bits per heavy atom. The number of thiocarbonyl (C=S) groups is 1. The fourth-order valence-corrected chi connectivity index (χ4v) is 7.84. The Balaban J connectivity index is 1.33. The van der Waals surface area contributed by atoms with Crippen molar-refractivity contribution in [2.24, 2.45) is 11.3 Å². The Bertz CT molecular complexity index is 1510. The van der Waals surface area contributed by atoms with Crippen LogP contribution < -0.4 is 16.0 Å². The number of hydrogen-bond acceptors (Lipinski definition) is 3. The van der Waals surface area contributed by atoms with Crippen LogP contribution in [0.2, 0.25) is 5.02 Å². The van der Waals surface area contributed by atoms with Gasteiger partial charge in [0.15, 0.2) is 5.11 Å². The molecule has 0 spiro atoms. The van der Waals surface area contributed by atoms with Crippen LogP contribution in [0.1, 0.15) is 81.5 Å². The van der Waals surface area contributed by atoms with Crippen molar-refractivity contribution in [3.8, 4) is 0 Å². The third kappa shape index (κ3) is 6.51. The fraction of sp³-hybridized carbons (Fsp3) is 0.417. The zero-order valence-electron chi connectivity index (χ0n) is 25.5. The van der Waals surface area contributed by atoms with Crippen molar-refractivity contribution in [2.45, 2.75) is 83.6 Å². The zero-order chi connectivity index (χ0) is 30.8. The maximum absolute atomic E-state index is 14.1. The molecule has 0 bridgehead atoms. The standard InChI is InChI=1S/C36H42ClN3O2S/c1-23(2)25-15-17-27-26(22-25)16-18-31-35(27,3)19-10-20-36(31,4)33(42)40-34(43)39-30(21-24-11-6-5-7-12-24)32(41)38-29-14-9-8-13-28(29)37/h5-9,11-15,17,22-23,30-31H,10,16,18-21H2,1-4H3,(H,38,41)(H2,39,40,42,43)/t30-,31+,35+,36+/m0/s1. The molecular formula is C36H42ClN3O2S. The second-order valence-electron chi connectivity index (χ2n) is 13.0. The van der Waals surface area contributed by atoms with Crippen LogP contribution in [0, 0.1) is 11.3 Å². The van der Waals surface area contributed by atoms with E-state index in [9.17, 15) is 9.59 Å². The number of carbonyl (C=O) groups is 2. The molecule has 5 rings (SSSR count). The lowest BCUT2D eigenvalue weighted by Crippen LogP contribution is -2.58. The Labute approximate surface area is 266 Å². The van der Waals surface area contributed by atoms with Gasteiger partial charge >= 0.3 is 0 Å². The van der Waals surface area contributed by atoms with Crippen LogP contribution in [0.5, 0.6) is 0 Å². The molecule has 0 aromatic heterocycles. The first kappa shape index (κ1) is 31.2. The van der Waals surface area contributed by atoms with Crippen molar-refractivity contribution in [3.63, 3.8) is 0 Å². The lowest BCUT2D eigenvalue weighted by Gasteiger charge is -2.54. The van der Waals surface area contributed by atoms with Gasteiger partial charge in [-0.1, -0.05) is 106 Å². The monoisotopic (exact) mass is 615 g/mol. The van der Waals surface area contributed by atoms with Gasteiger partial charge in [-0.3, -0.25) is 9.59 Å². The first-order chi connectivity index (χ1) is 20.5. The molecule has 0 unspecified atom stereocenters. The van der Waals surface area contributed by atoms with E-state index in [1.165, 1.54) is 16.7 Å². The van der Waals surface area contributed by atoms with Gasteiger partial charge in [0.05, 0.1) is 16.1 Å². The third-order valence-corrected chi connectivity index (χ3v) is 10.4. The highest BCUT2D eigenvalue weighted by atomic mass is 35.5. The summed E-state index contributed by atoms with van der Waals surface area (Å²) in [4.78, 5) is 27.5. The third-order valence-electron chi connectivity index (χ3n) is 9.83. The molecule has 2 aliphatic rings. The summed E-state index contributed by atoms with van der Waals surface area (Å²) in [5, 5.41) is 9.69. The quantitative estimate of drug-likeness (QED) is 0.238. The van der Waals surface area contributed by atoms with Crippen molar-refractivity contribution < 1.29 is 9.59 Å². The van der Waals surface area contributed by atoms with E-state index in [4.69, 9.17) is 23.8 Å². The molecule has 7 heteroatoms. The van der Waals surface area contributed by atoms with Gasteiger partial charge in [0, 0.05) is 6.42 Å². The molecule has 1 fully saturated rings. The summed E-state index contributed by atoms with van der Waals surface area (Å²) in [5.41, 5.74) is 5.04. The van der Waals surface area contributed by atoms with Crippen LogP contribution in [0.4, 0.5) is 5.69 Å². The molecule has 43 heavy (non-hydrogen) atoms. The molecule has 3 N–H and O–H groups in total. The minimum Gasteiger partial charge on any atom is -0.350 e. The number of hydrogen-bond donors (Lipinski definition) is 3. The number of nitrogens with one attached hydrogen (secondary N) is 3. The van der Waals surface area contributed by atoms with E-state index < -0.39 is 11.5 Å². The molecule has 0 saturated heterocycles. The number of fused-ring (bicyclic) bond motifs is 3. The first-order valence-electron chi connectivity index (χ1n) is 15.4. The summed E-state index contributed by atoms with van der Waals surface area (Å²) < 4.78 is 0. The number of aryl methyl sites for hydroxylation is 1. The molecule has 2 amide bonds. The van der Waals surface area contributed by atoms with E-state index in [0.717, 1.165) is 37.7 Å². The summed E-state index contributed by atoms with van der Waals surface area (Å²) in [6, 6.07) is 23.1. The second kappa shape index (κ2) is 12.8. The second-order valence-corrected chi connectivity index (χ2v) is 13.8. The topological polar surface area (TPSA) is 70.2 Å². The van der Waals surface area contributed by atoms with Gasteiger partial charge in [-0.15, -0.1) is 0 Å². The average Bonchev–Trinajstić information content (AvgIpc) is 2.98. The highest BCUT2D eigenvalue weighted by Crippen LogP contribution is 2.57. The van der Waals surface area contributed by atoms with E-state index in [0.29, 0.717) is 23.0 Å². The van der Waals surface area contributed by atoms with Crippen LogP contribution >= 0.6 is 23.8 Å². The number of benzene rings is 3. The maximum atomic E-state index is 14.1. The van der Waals surface area contributed by atoms with E-state index in [2.05, 4.69) is 61.8 Å². The molecule has 0 aliphatic heterocycles. The van der Waals surface area contributed by atoms with Crippen LogP contribution in [0.25, 0.3) is 0 Å². The van der Waals surface area contributed by atoms with Gasteiger partial charge < -0.3 is 16.0 Å². The summed E-state index contributed by atoms with van der Waals surface area (Å²) in [6.07, 6.45) is 5.18. The molecule has 226 valence electrons. The van der Waals surface area contributed by atoms with Gasteiger partial charge in [0.1, 0.15) is 6.04 Å². The van der Waals surface area contributed by atoms with Crippen molar-refractivity contribution in [1.82, 2.24) is 10.6 Å². The maximum Gasteiger partial charge on any atom is 0.247 e. The first-order valence-corrected chi connectivity index (χ1v) is 16.1. The largest absolute Gasteiger partial charge is 0.350 e. The van der Waals surface area contributed by atoms with Gasteiger partial charge in [-0.2, -0.15) is 0 Å². The Morgan fingerprint density at radius 3 is 2.44 bits per heavy atom. The predicted molar refractivity (Wildman–Crippen MR) is 180 cm³/mol. The number of rotatable bonds is 7. The lowest BCUT2D eigenvalue weighted by molar-refractivity contribution is -0.137. The Kier molecular flexibility index (Phi) is 9.29. The summed E-state index contributed by atoms with van der Waals surface area (Å²) >= 11 is 12.0. The van der Waals surface area contributed by atoms with E-state index >= 15 is 0 Å². The smallest absolute Gasteiger partial charge is 0.247 e. The highest BCUT2D eigenvalue weighted by Gasteiger charge is 2.55. The van der Waals surface area contributed by atoms with Crippen molar-refractivity contribution >= 4 is 46.4 Å². The number of para-hydroxylation sites is 1. The van der Waals surface area contributed by atoms with Crippen molar-refractivity contribution in [1.29, 1.82) is 0 Å². The molecule has 0 radical (unpaired) electrons. The molecule has 0 heterocycles. The zero-order valence-corrected chi connectivity index (χ0v) is 27.1. The van der Waals surface area contributed by atoms with Gasteiger partial charge in [0.25, 0.3) is 0 Å². The summed E-state index contributed by atoms with van der Waals surface area (Å²) in [7, 11) is 0. The van der Waals surface area contributed by atoms with Crippen molar-refractivity contribution in [2.75, 3.05) is 5.32 Å². The molecule has 5 nitrogen and oxygen atoms in total. The van der Waals surface area contributed by atoms with E-state index in [-0.39, 0.29) is 28.3 Å². The highest BCUT2D eigenvalue weighted by molar-refractivity contribution is 7.80. The van der Waals surface area contributed by atoms with Crippen LogP contribution in [-0.2, 0) is 27.8 Å². The van der Waals surface area contributed by atoms with Crippen LogP contribution in [0.15, 0.2) is 72.8 Å². The molecule has 3 aromatic carbocycles. The lowest BCUT2D eigenvalue weighted by atomic mass is 9.49. The van der Waals surface area contributed by atoms with Crippen LogP contribution in [-0.4, -0.2) is 23.0 Å². The number of anilines is 1. The van der Waals surface area contributed by atoms with Crippen molar-refractivity contribution in [3.05, 3.63) is 100 Å². The minimum absolute atomic E-state index is 0.0758. The molecule has 1 saturated carbocycles. The fourth-order valence-electron chi connectivity index (χ4n) is 7.42. The number of halogens is 1. The SMILES string of the molecule is CC(C)c1ccc2c(c1)CC[C@H]1[C@](C)(C(=O)NC(=S)N[C@@H](Cc3ccccc3)C(=O)Nc3ccccc3Cl)CCC[C@]21C. The number of amides is 2. The summed E-state index contributed by atoms with van der Waals surface area (Å²) in [5.74, 6) is 0.324. The van der Waals surface area contributed by atoms with Gasteiger partial charge in [0.2, 0.25) is 11.8 Å². The van der Waals surface area contributed by atoms with E-state index in [1.807, 2.05) is 42.5 Å². The molecule has 3 aromatic rings. The minimum atomic E-state index is -0.715. The number of carbonyl (C=O) groups excluding carboxylic acids is 2. The average molecular weight is 616 g/mol.